The highest BCUT2D eigenvalue weighted by Gasteiger charge is 2.30. The van der Waals surface area contributed by atoms with Crippen LogP contribution in [-0.2, 0) is 4.79 Å². The summed E-state index contributed by atoms with van der Waals surface area (Å²) in [6.07, 6.45) is 1.11. The van der Waals surface area contributed by atoms with Gasteiger partial charge in [0.05, 0.1) is 0 Å². The van der Waals surface area contributed by atoms with Gasteiger partial charge in [-0.2, -0.15) is 0 Å². The molecule has 1 heterocycles. The average Bonchev–Trinajstić information content (AvgIpc) is 2.44. The fraction of sp³-hybridized carbons (Fsp3) is 0.500. The summed E-state index contributed by atoms with van der Waals surface area (Å²) in [5.41, 5.74) is 0.621. The maximum absolute atomic E-state index is 12.7. The molecule has 1 fully saturated rings. The molecule has 0 saturated carbocycles. The zero-order valence-corrected chi connectivity index (χ0v) is 12.5. The van der Waals surface area contributed by atoms with E-state index in [1.807, 2.05) is 6.07 Å². The Balaban J connectivity index is 2.20. The Bertz CT molecular complexity index is 494. The number of benzene rings is 1. The molecule has 1 N–H and O–H groups in total. The third-order valence-corrected chi connectivity index (χ3v) is 3.73. The summed E-state index contributed by atoms with van der Waals surface area (Å²) in [6, 6.07) is 8.76. The van der Waals surface area contributed by atoms with E-state index in [2.05, 4.69) is 13.8 Å². The van der Waals surface area contributed by atoms with Crippen molar-refractivity contribution in [1.29, 1.82) is 0 Å². The molecule has 2 atom stereocenters. The number of piperidine rings is 1. The van der Waals surface area contributed by atoms with Gasteiger partial charge in [0.1, 0.15) is 6.54 Å². The minimum atomic E-state index is -1.01. The van der Waals surface area contributed by atoms with Gasteiger partial charge in [-0.15, -0.1) is 0 Å². The molecule has 1 aliphatic rings. The molecule has 2 amide bonds. The van der Waals surface area contributed by atoms with Crippen LogP contribution in [0.1, 0.15) is 20.3 Å². The second-order valence-electron chi connectivity index (χ2n) is 5.95. The summed E-state index contributed by atoms with van der Waals surface area (Å²) in [5.74, 6) is -0.120. The fourth-order valence-electron chi connectivity index (χ4n) is 3.00. The number of carboxylic acids is 1. The molecule has 21 heavy (non-hydrogen) atoms. The van der Waals surface area contributed by atoms with Crippen molar-refractivity contribution in [3.8, 4) is 0 Å². The number of urea groups is 1. The van der Waals surface area contributed by atoms with E-state index in [1.54, 1.807) is 29.2 Å². The first-order chi connectivity index (χ1) is 9.97. The topological polar surface area (TPSA) is 60.9 Å². The Morgan fingerprint density at radius 1 is 1.19 bits per heavy atom. The van der Waals surface area contributed by atoms with Crippen LogP contribution in [0.3, 0.4) is 0 Å². The molecule has 1 aromatic carbocycles. The highest BCUT2D eigenvalue weighted by Crippen LogP contribution is 2.23. The number of rotatable bonds is 3. The van der Waals surface area contributed by atoms with Crippen LogP contribution in [0, 0.1) is 11.8 Å². The SMILES string of the molecule is CC1CC(C)CN(C(=O)N(CC(=O)O)c2ccccc2)C1. The Hall–Kier alpha value is -2.04. The quantitative estimate of drug-likeness (QED) is 0.931. The Kier molecular flexibility index (Phi) is 4.83. The molecule has 114 valence electrons. The van der Waals surface area contributed by atoms with Gasteiger partial charge in [0, 0.05) is 18.8 Å². The number of likely N-dealkylation sites (tertiary alicyclic amines) is 1. The van der Waals surface area contributed by atoms with E-state index in [4.69, 9.17) is 5.11 Å². The van der Waals surface area contributed by atoms with Crippen LogP contribution in [0.2, 0.25) is 0 Å². The summed E-state index contributed by atoms with van der Waals surface area (Å²) in [4.78, 5) is 26.9. The number of anilines is 1. The zero-order chi connectivity index (χ0) is 15.4. The van der Waals surface area contributed by atoms with E-state index < -0.39 is 5.97 Å². The van der Waals surface area contributed by atoms with Crippen LogP contribution < -0.4 is 4.90 Å². The number of nitrogens with zero attached hydrogens (tertiary/aromatic N) is 2. The lowest BCUT2D eigenvalue weighted by atomic mass is 9.92. The minimum Gasteiger partial charge on any atom is -0.480 e. The first-order valence-electron chi connectivity index (χ1n) is 7.30. The summed E-state index contributed by atoms with van der Waals surface area (Å²) >= 11 is 0. The number of carbonyl (C=O) groups is 2. The van der Waals surface area contributed by atoms with Crippen molar-refractivity contribution in [1.82, 2.24) is 4.90 Å². The number of hydrogen-bond donors (Lipinski definition) is 1. The molecule has 1 saturated heterocycles. The highest BCUT2D eigenvalue weighted by molar-refractivity contribution is 5.96. The summed E-state index contributed by atoms with van der Waals surface area (Å²) in [5, 5.41) is 9.08. The maximum Gasteiger partial charge on any atom is 0.325 e. The zero-order valence-electron chi connectivity index (χ0n) is 12.5. The molecule has 0 aromatic heterocycles. The number of hydrogen-bond acceptors (Lipinski definition) is 2. The van der Waals surface area contributed by atoms with Gasteiger partial charge in [-0.25, -0.2) is 4.79 Å². The molecule has 5 heteroatoms. The van der Waals surface area contributed by atoms with Crippen molar-refractivity contribution in [2.45, 2.75) is 20.3 Å². The first kappa shape index (κ1) is 15.4. The van der Waals surface area contributed by atoms with E-state index in [0.29, 0.717) is 30.6 Å². The van der Waals surface area contributed by atoms with Crippen molar-refractivity contribution in [3.63, 3.8) is 0 Å². The maximum atomic E-state index is 12.7. The molecule has 2 unspecified atom stereocenters. The highest BCUT2D eigenvalue weighted by atomic mass is 16.4. The van der Waals surface area contributed by atoms with E-state index in [1.165, 1.54) is 4.90 Å². The lowest BCUT2D eigenvalue weighted by Gasteiger charge is -2.37. The van der Waals surface area contributed by atoms with E-state index in [-0.39, 0.29) is 12.6 Å². The van der Waals surface area contributed by atoms with Crippen molar-refractivity contribution < 1.29 is 14.7 Å². The van der Waals surface area contributed by atoms with Crippen LogP contribution in [0.25, 0.3) is 0 Å². The largest absolute Gasteiger partial charge is 0.480 e. The monoisotopic (exact) mass is 290 g/mol. The summed E-state index contributed by atoms with van der Waals surface area (Å²) < 4.78 is 0. The van der Waals surface area contributed by atoms with Crippen molar-refractivity contribution in [2.75, 3.05) is 24.5 Å². The van der Waals surface area contributed by atoms with Crippen molar-refractivity contribution >= 4 is 17.7 Å². The van der Waals surface area contributed by atoms with Gasteiger partial charge in [0.2, 0.25) is 0 Å². The molecule has 0 aliphatic carbocycles. The van der Waals surface area contributed by atoms with Gasteiger partial charge in [0.15, 0.2) is 0 Å². The number of para-hydroxylation sites is 1. The number of carbonyl (C=O) groups excluding carboxylic acids is 1. The van der Waals surface area contributed by atoms with Crippen LogP contribution in [0.5, 0.6) is 0 Å². The minimum absolute atomic E-state index is 0.220. The van der Waals surface area contributed by atoms with Crippen LogP contribution in [0.4, 0.5) is 10.5 Å². The van der Waals surface area contributed by atoms with Gasteiger partial charge in [-0.3, -0.25) is 9.69 Å². The molecular weight excluding hydrogens is 268 g/mol. The van der Waals surface area contributed by atoms with Crippen LogP contribution >= 0.6 is 0 Å². The third kappa shape index (κ3) is 3.97. The predicted molar refractivity (Wildman–Crippen MR) is 81.3 cm³/mol. The van der Waals surface area contributed by atoms with Gasteiger partial charge >= 0.3 is 12.0 Å². The van der Waals surface area contributed by atoms with Gasteiger partial charge in [0.25, 0.3) is 0 Å². The average molecular weight is 290 g/mol. The number of carboxylic acid groups (broad SMARTS) is 1. The Morgan fingerprint density at radius 3 is 2.29 bits per heavy atom. The molecule has 5 nitrogen and oxygen atoms in total. The molecule has 0 radical (unpaired) electrons. The van der Waals surface area contributed by atoms with Gasteiger partial charge < -0.3 is 10.0 Å². The summed E-state index contributed by atoms with van der Waals surface area (Å²) in [7, 11) is 0. The van der Waals surface area contributed by atoms with Gasteiger partial charge in [-0.05, 0) is 30.4 Å². The molecule has 0 spiro atoms. The second kappa shape index (κ2) is 6.61. The lowest BCUT2D eigenvalue weighted by Crippen LogP contribution is -2.50. The fourth-order valence-corrected chi connectivity index (χ4v) is 3.00. The van der Waals surface area contributed by atoms with Gasteiger partial charge in [-0.1, -0.05) is 32.0 Å². The molecule has 0 bridgehead atoms. The lowest BCUT2D eigenvalue weighted by molar-refractivity contribution is -0.135. The normalized spacial score (nSPS) is 21.9. The van der Waals surface area contributed by atoms with Crippen LogP contribution in [0.15, 0.2) is 30.3 Å². The predicted octanol–water partition coefficient (Wildman–Crippen LogP) is 2.68. The van der Waals surface area contributed by atoms with Crippen molar-refractivity contribution in [3.05, 3.63) is 30.3 Å². The Labute approximate surface area is 125 Å². The second-order valence-corrected chi connectivity index (χ2v) is 5.95. The number of aliphatic carboxylic acids is 1. The Morgan fingerprint density at radius 2 is 1.76 bits per heavy atom. The van der Waals surface area contributed by atoms with E-state index in [0.717, 1.165) is 6.42 Å². The first-order valence-corrected chi connectivity index (χ1v) is 7.30. The van der Waals surface area contributed by atoms with E-state index in [9.17, 15) is 9.59 Å². The molecule has 1 aromatic rings. The summed E-state index contributed by atoms with van der Waals surface area (Å²) in [6.45, 7) is 5.31. The molecule has 1 aliphatic heterocycles. The van der Waals surface area contributed by atoms with Crippen LogP contribution in [-0.4, -0.2) is 41.6 Å². The smallest absolute Gasteiger partial charge is 0.325 e. The van der Waals surface area contributed by atoms with Crippen molar-refractivity contribution in [2.24, 2.45) is 11.8 Å². The molecule has 2 rings (SSSR count). The number of amides is 2. The third-order valence-electron chi connectivity index (χ3n) is 3.73. The molecular formula is C16H22N2O3. The standard InChI is InChI=1S/C16H22N2O3/c1-12-8-13(2)10-17(9-12)16(21)18(11-15(19)20)14-6-4-3-5-7-14/h3-7,12-13H,8-11H2,1-2H3,(H,19,20). The van der Waals surface area contributed by atoms with E-state index >= 15 is 0 Å².